The number of amides is 1. The fourth-order valence-electron chi connectivity index (χ4n) is 2.47. The SMILES string of the molecule is Clc1cc2c(Cl)ncnc2cn1.NC=O.Nc1cnc(Cl)cc1C(=O)O.O=S(Cl)Cl.O=c1[nH]cnc2cnc(Cl)cc12. The third-order valence-electron chi connectivity index (χ3n) is 4.06. The molecule has 0 bridgehead atoms. The van der Waals surface area contributed by atoms with Crippen molar-refractivity contribution in [2.24, 2.45) is 5.73 Å². The van der Waals surface area contributed by atoms with Crippen molar-refractivity contribution in [2.75, 3.05) is 5.73 Å². The Bertz CT molecular complexity index is 1750. The Hall–Kier alpha value is -3.44. The first-order chi connectivity index (χ1) is 19.8. The van der Waals surface area contributed by atoms with Crippen molar-refractivity contribution in [2.45, 2.75) is 0 Å². The summed E-state index contributed by atoms with van der Waals surface area (Å²) in [5.74, 6) is -1.10. The van der Waals surface area contributed by atoms with E-state index >= 15 is 0 Å². The lowest BCUT2D eigenvalue weighted by Gasteiger charge is -1.98. The number of aromatic amines is 1. The number of nitrogens with one attached hydrogen (secondary N) is 1. The van der Waals surface area contributed by atoms with Gasteiger partial charge in [0.1, 0.15) is 26.9 Å². The van der Waals surface area contributed by atoms with E-state index in [0.29, 0.717) is 31.9 Å². The molecule has 0 aliphatic heterocycles. The van der Waals surface area contributed by atoms with Gasteiger partial charge in [-0.05, 0) is 18.2 Å². The largest absolute Gasteiger partial charge is 0.478 e. The number of carboxylic acids is 1. The molecule has 0 unspecified atom stereocenters. The molecule has 0 radical (unpaired) electrons. The van der Waals surface area contributed by atoms with Gasteiger partial charge >= 0.3 is 5.97 Å². The van der Waals surface area contributed by atoms with Crippen LogP contribution in [0.4, 0.5) is 5.69 Å². The van der Waals surface area contributed by atoms with E-state index in [1.807, 2.05) is 0 Å². The minimum Gasteiger partial charge on any atom is -0.478 e. The smallest absolute Gasteiger partial charge is 0.337 e. The number of primary amides is 1. The highest BCUT2D eigenvalue weighted by Crippen LogP contribution is 2.20. The maximum absolute atomic E-state index is 11.1. The molecule has 5 aromatic heterocycles. The molecular weight excluding hydrogens is 703 g/mol. The molecule has 222 valence electrons. The van der Waals surface area contributed by atoms with Gasteiger partial charge in [-0.1, -0.05) is 46.4 Å². The molecule has 21 heteroatoms. The molecule has 14 nitrogen and oxygen atoms in total. The highest BCUT2D eigenvalue weighted by Gasteiger charge is 2.08. The molecule has 0 aliphatic carbocycles. The van der Waals surface area contributed by atoms with Crippen molar-refractivity contribution < 1.29 is 18.9 Å². The third-order valence-corrected chi connectivity index (χ3v) is 4.99. The van der Waals surface area contributed by atoms with Gasteiger partial charge in [-0.2, -0.15) is 0 Å². The Morgan fingerprint density at radius 2 is 1.33 bits per heavy atom. The first-order valence-electron chi connectivity index (χ1n) is 10.2. The number of pyridine rings is 3. The summed E-state index contributed by atoms with van der Waals surface area (Å²) >= 11 is 22.5. The first kappa shape index (κ1) is 36.6. The molecule has 0 saturated heterocycles. The number of nitrogen functional groups attached to an aromatic ring is 1. The number of fused-ring (bicyclic) bond motifs is 2. The van der Waals surface area contributed by atoms with Crippen molar-refractivity contribution >= 4 is 117 Å². The number of carboxylic acid groups (broad SMARTS) is 1. The van der Waals surface area contributed by atoms with Crippen LogP contribution in [-0.2, 0) is 14.0 Å². The summed E-state index contributed by atoms with van der Waals surface area (Å²) in [5, 5.41) is 10.9. The molecule has 0 aliphatic rings. The Balaban J connectivity index is 0.000000284. The molecule has 5 aromatic rings. The number of hydrogen-bond donors (Lipinski definition) is 4. The number of anilines is 1. The van der Waals surface area contributed by atoms with Gasteiger partial charge in [0.05, 0.1) is 52.6 Å². The van der Waals surface area contributed by atoms with Crippen LogP contribution in [0.5, 0.6) is 0 Å². The van der Waals surface area contributed by atoms with Gasteiger partial charge in [0.25, 0.3) is 5.56 Å². The van der Waals surface area contributed by atoms with E-state index in [-0.39, 0.29) is 28.4 Å². The monoisotopic (exact) mass is 715 g/mol. The van der Waals surface area contributed by atoms with Gasteiger partial charge in [0.15, 0.2) is 0 Å². The van der Waals surface area contributed by atoms with Crippen LogP contribution in [0, 0.1) is 0 Å². The number of carbonyl (C=O) groups is 2. The Morgan fingerprint density at radius 3 is 1.86 bits per heavy atom. The van der Waals surface area contributed by atoms with Crippen LogP contribution < -0.4 is 17.0 Å². The van der Waals surface area contributed by atoms with Gasteiger partial charge < -0.3 is 21.6 Å². The Labute approximate surface area is 266 Å². The highest BCUT2D eigenvalue weighted by molar-refractivity contribution is 8.26. The van der Waals surface area contributed by atoms with Gasteiger partial charge in [-0.3, -0.25) is 9.59 Å². The fraction of sp³-hybridized carbons (Fsp3) is 0. The van der Waals surface area contributed by atoms with Gasteiger partial charge in [0.2, 0.25) is 15.6 Å². The second-order valence-corrected chi connectivity index (χ2v) is 10.7. The lowest BCUT2D eigenvalue weighted by atomic mass is 10.2. The standard InChI is InChI=1S/C7H3Cl2N3.C7H4ClN3O.C6H5ClN2O2.CH3NO.Cl2OS/c8-6-1-4-5(2-10-6)11-3-12-7(4)9;8-6-1-4-5(2-9-6)10-3-11-7(4)12;7-5-1-3(6(10)11)4(8)2-9-5;2-1-3;1-4(2)3/h1-3H;1-3H,(H,10,11,12);1-2H,8H2,(H,10,11);1H,(H2,2,3);. The summed E-state index contributed by atoms with van der Waals surface area (Å²) in [6.45, 7) is 0. The minimum absolute atomic E-state index is 0.0231. The minimum atomic E-state index is -1.67. The van der Waals surface area contributed by atoms with E-state index in [4.69, 9.17) is 66.2 Å². The van der Waals surface area contributed by atoms with Crippen LogP contribution >= 0.6 is 67.8 Å². The zero-order chi connectivity index (χ0) is 31.8. The molecule has 0 fully saturated rings. The maximum atomic E-state index is 11.1. The topological polar surface area (TPSA) is 234 Å². The molecule has 0 saturated carbocycles. The Kier molecular flexibility index (Phi) is 16.5. The summed E-state index contributed by atoms with van der Waals surface area (Å²) in [6, 6.07) is 4.33. The quantitative estimate of drug-likeness (QED) is 0.0814. The number of rotatable bonds is 1. The summed E-state index contributed by atoms with van der Waals surface area (Å²) in [6.07, 6.45) is 7.21. The molecule has 0 spiro atoms. The average Bonchev–Trinajstić information content (AvgIpc) is 2.92. The summed E-state index contributed by atoms with van der Waals surface area (Å²) < 4.78 is 9.09. The molecule has 1 amide bonds. The molecule has 5 heterocycles. The molecule has 42 heavy (non-hydrogen) atoms. The molecular formula is C21H15Cl6N9O5S. The van der Waals surface area contributed by atoms with E-state index in [9.17, 15) is 9.59 Å². The van der Waals surface area contributed by atoms with Crippen molar-refractivity contribution in [3.8, 4) is 0 Å². The number of aromatic nitrogens is 7. The lowest BCUT2D eigenvalue weighted by Crippen LogP contribution is -2.06. The predicted octanol–water partition coefficient (Wildman–Crippen LogP) is 4.46. The number of carbonyl (C=O) groups excluding carboxylic acids is 1. The van der Waals surface area contributed by atoms with Gasteiger partial charge in [-0.15, -0.1) is 0 Å². The van der Waals surface area contributed by atoms with Crippen molar-refractivity contribution in [1.82, 2.24) is 34.9 Å². The highest BCUT2D eigenvalue weighted by atomic mass is 36.0. The molecule has 5 rings (SSSR count). The predicted molar refractivity (Wildman–Crippen MR) is 163 cm³/mol. The van der Waals surface area contributed by atoms with Crippen LogP contribution in [0.25, 0.3) is 21.8 Å². The van der Waals surface area contributed by atoms with Crippen LogP contribution in [0.2, 0.25) is 20.6 Å². The summed E-state index contributed by atoms with van der Waals surface area (Å²) in [4.78, 5) is 55.5. The van der Waals surface area contributed by atoms with Crippen LogP contribution in [0.1, 0.15) is 10.4 Å². The van der Waals surface area contributed by atoms with Crippen LogP contribution in [0.3, 0.4) is 0 Å². The van der Waals surface area contributed by atoms with Gasteiger partial charge in [-0.25, -0.2) is 38.9 Å². The Morgan fingerprint density at radius 1 is 0.857 bits per heavy atom. The van der Waals surface area contributed by atoms with Gasteiger partial charge in [0, 0.05) is 26.8 Å². The molecule has 0 atom stereocenters. The lowest BCUT2D eigenvalue weighted by molar-refractivity contribution is -0.106. The first-order valence-corrected chi connectivity index (χ1v) is 14.6. The maximum Gasteiger partial charge on any atom is 0.337 e. The van der Waals surface area contributed by atoms with E-state index in [2.05, 4.69) is 62.0 Å². The second kappa shape index (κ2) is 18.9. The fourth-order valence-corrected chi connectivity index (χ4v) is 3.14. The van der Waals surface area contributed by atoms with Crippen molar-refractivity contribution in [1.29, 1.82) is 0 Å². The van der Waals surface area contributed by atoms with E-state index in [1.54, 1.807) is 12.3 Å². The van der Waals surface area contributed by atoms with Crippen LogP contribution in [0.15, 0.2) is 54.2 Å². The zero-order valence-electron chi connectivity index (χ0n) is 20.3. The van der Waals surface area contributed by atoms with Crippen molar-refractivity contribution in [3.63, 3.8) is 0 Å². The number of hydrogen-bond acceptors (Lipinski definition) is 11. The van der Waals surface area contributed by atoms with E-state index < -0.39 is 15.2 Å². The normalized spacial score (nSPS) is 9.60. The molecule has 0 aromatic carbocycles. The number of halogens is 6. The average molecular weight is 718 g/mol. The molecule has 6 N–H and O–H groups in total. The zero-order valence-corrected chi connectivity index (χ0v) is 25.6. The number of nitrogens with zero attached hydrogens (tertiary/aromatic N) is 6. The number of H-pyrrole nitrogens is 1. The second-order valence-electron chi connectivity index (χ2n) is 6.66. The van der Waals surface area contributed by atoms with Crippen molar-refractivity contribution in [3.05, 3.63) is 86.0 Å². The number of nitrogens with two attached hydrogens (primary N) is 2. The third kappa shape index (κ3) is 13.0. The van der Waals surface area contributed by atoms with E-state index in [0.717, 1.165) is 5.39 Å². The van der Waals surface area contributed by atoms with E-state index in [1.165, 1.54) is 37.2 Å². The van der Waals surface area contributed by atoms with Crippen LogP contribution in [-0.4, -0.2) is 56.6 Å². The summed E-state index contributed by atoms with van der Waals surface area (Å²) in [7, 11) is 7.36. The number of aromatic carboxylic acids is 1. The summed E-state index contributed by atoms with van der Waals surface area (Å²) in [5.41, 5.74) is 10.6.